The Morgan fingerprint density at radius 1 is 1.20 bits per heavy atom. The Hall–Kier alpha value is -2.56. The minimum atomic E-state index is -0.0885. The summed E-state index contributed by atoms with van der Waals surface area (Å²) in [5.74, 6) is 0.753. The predicted molar refractivity (Wildman–Crippen MR) is 114 cm³/mol. The van der Waals surface area contributed by atoms with E-state index in [1.807, 2.05) is 16.7 Å². The molecule has 0 aliphatic carbocycles. The van der Waals surface area contributed by atoms with Gasteiger partial charge in [-0.25, -0.2) is 14.8 Å². The number of pyridine rings is 2. The zero-order chi connectivity index (χ0) is 20.7. The maximum Gasteiger partial charge on any atom is 0.329 e. The maximum atomic E-state index is 13.3. The molecule has 10 heteroatoms. The Labute approximate surface area is 180 Å². The first kappa shape index (κ1) is 19.4. The van der Waals surface area contributed by atoms with Gasteiger partial charge in [-0.3, -0.25) is 14.1 Å². The number of nitrogens with zero attached hydrogens (tertiary/aromatic N) is 6. The van der Waals surface area contributed by atoms with Crippen molar-refractivity contribution in [2.24, 2.45) is 0 Å². The molecule has 0 amide bonds. The maximum absolute atomic E-state index is 13.3. The second-order valence-electron chi connectivity index (χ2n) is 7.40. The first-order valence-corrected chi connectivity index (χ1v) is 10.7. The van der Waals surface area contributed by atoms with Crippen molar-refractivity contribution in [2.45, 2.75) is 32.0 Å². The van der Waals surface area contributed by atoms with Gasteiger partial charge in [-0.1, -0.05) is 0 Å². The highest BCUT2D eigenvalue weighted by Gasteiger charge is 2.27. The molecule has 4 aromatic heterocycles. The van der Waals surface area contributed by atoms with Crippen molar-refractivity contribution in [3.63, 3.8) is 0 Å². The fraction of sp³-hybridized carbons (Fsp3) is 0.400. The summed E-state index contributed by atoms with van der Waals surface area (Å²) in [6, 6.07) is 3.84. The number of hydrogen-bond acceptors (Lipinski definition) is 6. The lowest BCUT2D eigenvalue weighted by atomic mass is 10.2. The summed E-state index contributed by atoms with van der Waals surface area (Å²) in [6.07, 6.45) is 6.66. The van der Waals surface area contributed by atoms with E-state index in [2.05, 4.69) is 25.9 Å². The van der Waals surface area contributed by atoms with Crippen molar-refractivity contribution in [3.05, 3.63) is 51.5 Å². The summed E-state index contributed by atoms with van der Waals surface area (Å²) in [5, 5.41) is 9.18. The second kappa shape index (κ2) is 7.93. The van der Waals surface area contributed by atoms with Crippen molar-refractivity contribution in [1.29, 1.82) is 0 Å². The van der Waals surface area contributed by atoms with E-state index in [4.69, 9.17) is 9.72 Å². The quantitative estimate of drug-likeness (QED) is 0.413. The van der Waals surface area contributed by atoms with Gasteiger partial charge >= 0.3 is 5.69 Å². The Bertz CT molecular complexity index is 1270. The van der Waals surface area contributed by atoms with Gasteiger partial charge in [0.25, 0.3) is 0 Å². The number of ether oxygens (including phenoxy) is 1. The van der Waals surface area contributed by atoms with Gasteiger partial charge in [-0.15, -0.1) is 0 Å². The standard InChI is InChI=1S/C20H21BrN6O3/c21-13-7-15-19(23-8-13)25(5-1-2-6-28)18(24-15)10-26-17-9-22-4-3-16(17)27(20(26)29)14-11-30-12-14/h3-4,7-9,14,28H,1-2,5-6,10-12H2. The van der Waals surface area contributed by atoms with Crippen LogP contribution in [0.3, 0.4) is 0 Å². The fourth-order valence-electron chi connectivity index (χ4n) is 3.92. The molecular formula is C20H21BrN6O3. The Balaban J connectivity index is 1.62. The minimum absolute atomic E-state index is 0.0460. The Kier molecular flexibility index (Phi) is 5.13. The van der Waals surface area contributed by atoms with Crippen LogP contribution in [0.4, 0.5) is 0 Å². The average molecular weight is 473 g/mol. The van der Waals surface area contributed by atoms with Crippen LogP contribution in [0.2, 0.25) is 0 Å². The van der Waals surface area contributed by atoms with E-state index in [0.717, 1.165) is 38.9 Å². The molecule has 1 aliphatic rings. The first-order chi connectivity index (χ1) is 14.7. The van der Waals surface area contributed by atoms with Crippen molar-refractivity contribution < 1.29 is 9.84 Å². The summed E-state index contributed by atoms with van der Waals surface area (Å²) >= 11 is 3.45. The van der Waals surface area contributed by atoms with E-state index in [9.17, 15) is 9.90 Å². The van der Waals surface area contributed by atoms with Gasteiger partial charge in [-0.2, -0.15) is 0 Å². The number of hydrogen-bond donors (Lipinski definition) is 1. The highest BCUT2D eigenvalue weighted by atomic mass is 79.9. The SMILES string of the molecule is O=c1n(Cc2nc3cc(Br)cnc3n2CCCCO)c2cnccc2n1C1COC1. The third-order valence-corrected chi connectivity index (χ3v) is 5.90. The van der Waals surface area contributed by atoms with Crippen LogP contribution in [0.5, 0.6) is 0 Å². The molecule has 1 N–H and O–H groups in total. The predicted octanol–water partition coefficient (Wildman–Crippen LogP) is 2.10. The van der Waals surface area contributed by atoms with E-state index in [0.29, 0.717) is 32.7 Å². The van der Waals surface area contributed by atoms with E-state index < -0.39 is 0 Å². The van der Waals surface area contributed by atoms with Gasteiger partial charge in [0.15, 0.2) is 5.65 Å². The van der Waals surface area contributed by atoms with Crippen molar-refractivity contribution in [3.8, 4) is 0 Å². The fourth-order valence-corrected chi connectivity index (χ4v) is 4.24. The molecule has 0 atom stereocenters. The number of rotatable bonds is 7. The number of imidazole rings is 2. The largest absolute Gasteiger partial charge is 0.396 e. The molecule has 156 valence electrons. The van der Waals surface area contributed by atoms with Crippen LogP contribution in [0.15, 0.2) is 40.0 Å². The lowest BCUT2D eigenvalue weighted by molar-refractivity contribution is -0.0231. The van der Waals surface area contributed by atoms with Crippen molar-refractivity contribution >= 4 is 38.1 Å². The molecule has 9 nitrogen and oxygen atoms in total. The third kappa shape index (κ3) is 3.24. The van der Waals surface area contributed by atoms with Gasteiger partial charge in [0, 0.05) is 30.0 Å². The summed E-state index contributed by atoms with van der Waals surface area (Å²) in [6.45, 7) is 2.21. The topological polar surface area (TPSA) is 100.0 Å². The van der Waals surface area contributed by atoms with Gasteiger partial charge in [0.05, 0.1) is 43.0 Å². The molecule has 1 saturated heterocycles. The van der Waals surface area contributed by atoms with Crippen LogP contribution in [-0.2, 0) is 17.8 Å². The van der Waals surface area contributed by atoms with Gasteiger partial charge in [0.1, 0.15) is 11.3 Å². The van der Waals surface area contributed by atoms with Gasteiger partial charge in [0.2, 0.25) is 0 Å². The van der Waals surface area contributed by atoms with Crippen LogP contribution < -0.4 is 5.69 Å². The summed E-state index contributed by atoms with van der Waals surface area (Å²) in [7, 11) is 0. The Morgan fingerprint density at radius 2 is 2.07 bits per heavy atom. The number of unbranched alkanes of at least 4 members (excludes halogenated alkanes) is 1. The van der Waals surface area contributed by atoms with Crippen molar-refractivity contribution in [1.82, 2.24) is 28.7 Å². The molecular weight excluding hydrogens is 452 g/mol. The smallest absolute Gasteiger partial charge is 0.329 e. The van der Waals surface area contributed by atoms with Crippen LogP contribution in [0.1, 0.15) is 24.7 Å². The second-order valence-corrected chi connectivity index (χ2v) is 8.32. The number of aryl methyl sites for hydroxylation is 1. The van der Waals surface area contributed by atoms with Gasteiger partial charge < -0.3 is 14.4 Å². The molecule has 0 radical (unpaired) electrons. The molecule has 5 rings (SSSR count). The van der Waals surface area contributed by atoms with E-state index >= 15 is 0 Å². The van der Waals surface area contributed by atoms with Crippen LogP contribution in [0, 0.1) is 0 Å². The van der Waals surface area contributed by atoms with Crippen LogP contribution in [-0.4, -0.2) is 53.6 Å². The number of aromatic nitrogens is 6. The zero-order valence-corrected chi connectivity index (χ0v) is 17.8. The monoisotopic (exact) mass is 472 g/mol. The number of aliphatic hydroxyl groups excluding tert-OH is 1. The van der Waals surface area contributed by atoms with Crippen LogP contribution >= 0.6 is 15.9 Å². The van der Waals surface area contributed by atoms with Gasteiger partial charge in [-0.05, 0) is 40.9 Å². The number of halogens is 1. The number of fused-ring (bicyclic) bond motifs is 2. The molecule has 1 aliphatic heterocycles. The van der Waals surface area contributed by atoms with Crippen LogP contribution in [0.25, 0.3) is 22.2 Å². The summed E-state index contributed by atoms with van der Waals surface area (Å²) in [4.78, 5) is 26.9. The molecule has 0 bridgehead atoms. The molecule has 5 heterocycles. The third-order valence-electron chi connectivity index (χ3n) is 5.47. The van der Waals surface area contributed by atoms with Crippen molar-refractivity contribution in [2.75, 3.05) is 19.8 Å². The highest BCUT2D eigenvalue weighted by Crippen LogP contribution is 2.24. The molecule has 30 heavy (non-hydrogen) atoms. The van der Waals surface area contributed by atoms with E-state index in [1.165, 1.54) is 0 Å². The molecule has 0 saturated carbocycles. The molecule has 1 fully saturated rings. The highest BCUT2D eigenvalue weighted by molar-refractivity contribution is 9.10. The molecule has 0 spiro atoms. The Morgan fingerprint density at radius 3 is 2.83 bits per heavy atom. The molecule has 0 unspecified atom stereocenters. The zero-order valence-electron chi connectivity index (χ0n) is 16.2. The summed E-state index contributed by atoms with van der Waals surface area (Å²) in [5.41, 5.74) is 3.08. The molecule has 0 aromatic carbocycles. The normalized spacial score (nSPS) is 14.6. The van der Waals surface area contributed by atoms with E-state index in [-0.39, 0.29) is 18.3 Å². The molecule has 4 aromatic rings. The average Bonchev–Trinajstić information content (AvgIpc) is 3.17. The number of aliphatic hydroxyl groups is 1. The lowest BCUT2D eigenvalue weighted by Crippen LogP contribution is -2.38. The first-order valence-electron chi connectivity index (χ1n) is 9.91. The minimum Gasteiger partial charge on any atom is -0.396 e. The van der Waals surface area contributed by atoms with E-state index in [1.54, 1.807) is 27.7 Å². The summed E-state index contributed by atoms with van der Waals surface area (Å²) < 4.78 is 11.7. The lowest BCUT2D eigenvalue weighted by Gasteiger charge is -2.26.